The van der Waals surface area contributed by atoms with Crippen LogP contribution in [0.4, 0.5) is 17.5 Å². The van der Waals surface area contributed by atoms with Gasteiger partial charge in [-0.05, 0) is 45.3 Å². The van der Waals surface area contributed by atoms with Crippen LogP contribution in [0.1, 0.15) is 6.42 Å². The molecule has 0 aliphatic carbocycles. The van der Waals surface area contributed by atoms with Crippen LogP contribution in [0.5, 0.6) is 0 Å². The topological polar surface area (TPSA) is 65.1 Å². The maximum Gasteiger partial charge on any atom is 0.225 e. The molecule has 0 aliphatic heterocycles. The maximum absolute atomic E-state index is 6.23. The Morgan fingerprint density at radius 2 is 1.72 bits per heavy atom. The molecule has 6 nitrogen and oxygen atoms in total. The third kappa shape index (κ3) is 6.49. The molecular formula is C21H24Cl2N6. The molecule has 0 fully saturated rings. The lowest BCUT2D eigenvalue weighted by Crippen LogP contribution is -2.17. The first-order chi connectivity index (χ1) is 14.0. The van der Waals surface area contributed by atoms with Gasteiger partial charge in [0.15, 0.2) is 5.82 Å². The first-order valence-corrected chi connectivity index (χ1v) is 10.1. The molecule has 0 aliphatic rings. The molecular weight excluding hydrogens is 407 g/mol. The van der Waals surface area contributed by atoms with E-state index < -0.39 is 0 Å². The molecule has 0 saturated heterocycles. The summed E-state index contributed by atoms with van der Waals surface area (Å²) in [7, 11) is 4.12. The fourth-order valence-corrected chi connectivity index (χ4v) is 3.12. The Morgan fingerprint density at radius 1 is 0.931 bits per heavy atom. The summed E-state index contributed by atoms with van der Waals surface area (Å²) in [5, 5.41) is 4.41. The Labute approximate surface area is 181 Å². The smallest absolute Gasteiger partial charge is 0.225 e. The van der Waals surface area contributed by atoms with Crippen LogP contribution in [-0.2, 0) is 0 Å². The third-order valence-corrected chi connectivity index (χ3v) is 4.67. The molecule has 3 rings (SSSR count). The third-order valence-electron chi connectivity index (χ3n) is 4.12. The average molecular weight is 431 g/mol. The highest BCUT2D eigenvalue weighted by Crippen LogP contribution is 2.26. The Hall–Kier alpha value is -2.54. The molecule has 0 radical (unpaired) electrons. The molecule has 0 saturated carbocycles. The van der Waals surface area contributed by atoms with E-state index in [1.807, 2.05) is 36.4 Å². The van der Waals surface area contributed by atoms with E-state index in [-0.39, 0.29) is 0 Å². The highest BCUT2D eigenvalue weighted by molar-refractivity contribution is 6.36. The van der Waals surface area contributed by atoms with E-state index in [1.54, 1.807) is 18.2 Å². The molecule has 0 atom stereocenters. The zero-order chi connectivity index (χ0) is 20.6. The standard InChI is InChI=1S/C21H24Cl2N6/c1-29(2)12-6-11-24-21-25-19(15-7-4-3-5-8-15)14-20(26-21)28-27-18-10-9-16(22)13-17(18)23/h3-5,7-10,13-14,27H,6,11-12H2,1-2H3,(H2,24,25,26,28). The lowest BCUT2D eigenvalue weighted by Gasteiger charge is -2.14. The van der Waals surface area contributed by atoms with E-state index >= 15 is 0 Å². The molecule has 0 unspecified atom stereocenters. The summed E-state index contributed by atoms with van der Waals surface area (Å²) in [5.41, 5.74) is 8.72. The van der Waals surface area contributed by atoms with Gasteiger partial charge in [0.05, 0.1) is 16.4 Å². The SMILES string of the molecule is CN(C)CCCNc1nc(NNc2ccc(Cl)cc2Cl)cc(-c2ccccc2)n1. The largest absolute Gasteiger partial charge is 0.354 e. The number of anilines is 3. The van der Waals surface area contributed by atoms with Gasteiger partial charge in [-0.25, -0.2) is 4.98 Å². The minimum atomic E-state index is 0.518. The number of hydrazine groups is 1. The minimum Gasteiger partial charge on any atom is -0.354 e. The minimum absolute atomic E-state index is 0.518. The highest BCUT2D eigenvalue weighted by atomic mass is 35.5. The summed E-state index contributed by atoms with van der Waals surface area (Å²) in [6.45, 7) is 1.78. The summed E-state index contributed by atoms with van der Waals surface area (Å²) in [5.74, 6) is 1.19. The van der Waals surface area contributed by atoms with Crippen molar-refractivity contribution in [3.8, 4) is 11.3 Å². The number of benzene rings is 2. The number of rotatable bonds is 9. The summed E-state index contributed by atoms with van der Waals surface area (Å²) in [4.78, 5) is 11.4. The Balaban J connectivity index is 1.78. The summed E-state index contributed by atoms with van der Waals surface area (Å²) in [6.07, 6.45) is 0.993. The number of aromatic nitrogens is 2. The van der Waals surface area contributed by atoms with E-state index in [2.05, 4.69) is 45.1 Å². The number of hydrogen-bond donors (Lipinski definition) is 3. The second-order valence-corrected chi connectivity index (χ2v) is 7.63. The molecule has 0 bridgehead atoms. The molecule has 29 heavy (non-hydrogen) atoms. The summed E-state index contributed by atoms with van der Waals surface area (Å²) >= 11 is 12.2. The average Bonchev–Trinajstić information content (AvgIpc) is 2.71. The van der Waals surface area contributed by atoms with Gasteiger partial charge in [-0.3, -0.25) is 10.9 Å². The molecule has 8 heteroatoms. The molecule has 0 spiro atoms. The van der Waals surface area contributed by atoms with Crippen LogP contribution in [0.2, 0.25) is 10.0 Å². The van der Waals surface area contributed by atoms with Crippen LogP contribution in [0.15, 0.2) is 54.6 Å². The number of hydrogen-bond acceptors (Lipinski definition) is 6. The molecule has 1 aromatic heterocycles. The number of nitrogens with zero attached hydrogens (tertiary/aromatic N) is 3. The van der Waals surface area contributed by atoms with Crippen LogP contribution in [0.25, 0.3) is 11.3 Å². The van der Waals surface area contributed by atoms with Gasteiger partial charge in [0, 0.05) is 23.2 Å². The van der Waals surface area contributed by atoms with Gasteiger partial charge in [-0.1, -0.05) is 53.5 Å². The predicted molar refractivity (Wildman–Crippen MR) is 123 cm³/mol. The lowest BCUT2D eigenvalue weighted by molar-refractivity contribution is 0.405. The number of halogens is 2. The second kappa shape index (κ2) is 10.3. The van der Waals surface area contributed by atoms with E-state index in [1.165, 1.54) is 0 Å². The molecule has 0 amide bonds. The van der Waals surface area contributed by atoms with Crippen molar-refractivity contribution in [3.05, 3.63) is 64.6 Å². The quantitative estimate of drug-likeness (QED) is 0.318. The van der Waals surface area contributed by atoms with Crippen molar-refractivity contribution in [3.63, 3.8) is 0 Å². The Bertz CT molecular complexity index is 934. The first kappa shape index (κ1) is 21.2. The Morgan fingerprint density at radius 3 is 2.45 bits per heavy atom. The predicted octanol–water partition coefficient (Wildman–Crippen LogP) is 5.25. The maximum atomic E-state index is 6.23. The zero-order valence-electron chi connectivity index (χ0n) is 16.4. The van der Waals surface area contributed by atoms with Gasteiger partial charge in [-0.2, -0.15) is 4.98 Å². The van der Waals surface area contributed by atoms with Crippen LogP contribution in [0, 0.1) is 0 Å². The van der Waals surface area contributed by atoms with Crippen molar-refractivity contribution in [2.75, 3.05) is 43.4 Å². The van der Waals surface area contributed by atoms with Crippen molar-refractivity contribution in [1.82, 2.24) is 14.9 Å². The van der Waals surface area contributed by atoms with E-state index in [9.17, 15) is 0 Å². The van der Waals surface area contributed by atoms with Crippen molar-refractivity contribution >= 4 is 40.7 Å². The molecule has 1 heterocycles. The van der Waals surface area contributed by atoms with Crippen molar-refractivity contribution < 1.29 is 0 Å². The molecule has 152 valence electrons. The zero-order valence-corrected chi connectivity index (χ0v) is 17.9. The van der Waals surface area contributed by atoms with Crippen molar-refractivity contribution in [2.45, 2.75) is 6.42 Å². The van der Waals surface area contributed by atoms with E-state index in [4.69, 9.17) is 23.2 Å². The molecule has 2 aromatic carbocycles. The van der Waals surface area contributed by atoms with Gasteiger partial charge in [0.2, 0.25) is 5.95 Å². The van der Waals surface area contributed by atoms with Crippen LogP contribution in [-0.4, -0.2) is 42.1 Å². The van der Waals surface area contributed by atoms with Gasteiger partial charge in [0.1, 0.15) is 0 Å². The van der Waals surface area contributed by atoms with Gasteiger partial charge in [0.25, 0.3) is 0 Å². The Kier molecular flexibility index (Phi) is 7.52. The molecule has 3 aromatic rings. The monoisotopic (exact) mass is 430 g/mol. The lowest BCUT2D eigenvalue weighted by atomic mass is 10.1. The molecule has 3 N–H and O–H groups in total. The van der Waals surface area contributed by atoms with Crippen molar-refractivity contribution in [2.24, 2.45) is 0 Å². The van der Waals surface area contributed by atoms with E-state index in [0.717, 1.165) is 30.8 Å². The fraction of sp³-hybridized carbons (Fsp3) is 0.238. The van der Waals surface area contributed by atoms with Gasteiger partial charge < -0.3 is 10.2 Å². The first-order valence-electron chi connectivity index (χ1n) is 9.31. The summed E-state index contributed by atoms with van der Waals surface area (Å²) in [6, 6.07) is 17.1. The van der Waals surface area contributed by atoms with Gasteiger partial charge >= 0.3 is 0 Å². The van der Waals surface area contributed by atoms with Crippen LogP contribution >= 0.6 is 23.2 Å². The summed E-state index contributed by atoms with van der Waals surface area (Å²) < 4.78 is 0. The number of nitrogens with one attached hydrogen (secondary N) is 3. The van der Waals surface area contributed by atoms with Crippen LogP contribution in [0.3, 0.4) is 0 Å². The van der Waals surface area contributed by atoms with Gasteiger partial charge in [-0.15, -0.1) is 0 Å². The highest BCUT2D eigenvalue weighted by Gasteiger charge is 2.08. The van der Waals surface area contributed by atoms with Crippen LogP contribution < -0.4 is 16.2 Å². The normalized spacial score (nSPS) is 10.8. The van der Waals surface area contributed by atoms with E-state index in [0.29, 0.717) is 27.5 Å². The van der Waals surface area contributed by atoms with Crippen molar-refractivity contribution in [1.29, 1.82) is 0 Å². The fourth-order valence-electron chi connectivity index (χ4n) is 2.66. The second-order valence-electron chi connectivity index (χ2n) is 6.79.